The maximum atomic E-state index is 12.3. The van der Waals surface area contributed by atoms with E-state index in [9.17, 15) is 4.79 Å². The molecule has 1 fully saturated rings. The lowest BCUT2D eigenvalue weighted by Crippen LogP contribution is -2.40. The fourth-order valence-corrected chi connectivity index (χ4v) is 4.84. The van der Waals surface area contributed by atoms with Gasteiger partial charge in [0, 0.05) is 19.1 Å². The van der Waals surface area contributed by atoms with Crippen LogP contribution in [-0.4, -0.2) is 45.6 Å². The number of hydrogen-bond donors (Lipinski definition) is 1. The summed E-state index contributed by atoms with van der Waals surface area (Å²) in [6, 6.07) is 4.04. The normalized spacial score (nSPS) is 20.6. The predicted octanol–water partition coefficient (Wildman–Crippen LogP) is 3.80. The molecule has 1 saturated heterocycles. The number of carbonyl (C=O) groups excluding carboxylic acids is 1. The molecule has 3 heterocycles. The number of piperidine rings is 1. The molecule has 29 heavy (non-hydrogen) atoms. The van der Waals surface area contributed by atoms with Crippen LogP contribution in [0.1, 0.15) is 52.7 Å². The highest BCUT2D eigenvalue weighted by Crippen LogP contribution is 2.29. The van der Waals surface area contributed by atoms with Gasteiger partial charge in [-0.15, -0.1) is 10.2 Å². The van der Waals surface area contributed by atoms with E-state index >= 15 is 0 Å². The lowest BCUT2D eigenvalue weighted by atomic mass is 9.92. The van der Waals surface area contributed by atoms with Gasteiger partial charge in [0.05, 0.1) is 18.6 Å². The third-order valence-electron chi connectivity index (χ3n) is 5.20. The Kier molecular flexibility index (Phi) is 7.64. The summed E-state index contributed by atoms with van der Waals surface area (Å²) in [4.78, 5) is 14.6. The van der Waals surface area contributed by atoms with Crippen LogP contribution in [0.5, 0.6) is 0 Å². The fraction of sp³-hybridized carbons (Fsp3) is 0.667. The van der Waals surface area contributed by atoms with Gasteiger partial charge in [0.1, 0.15) is 5.76 Å². The number of anilines is 1. The Balaban J connectivity index is 1.74. The molecule has 8 heteroatoms. The fourth-order valence-electron chi connectivity index (χ4n) is 4.10. The molecule has 160 valence electrons. The standard InChI is InChI=1S/C21H33N5O2S/c1-5-7-17(4)22-19(27)14-29-21-24-23-20(25-11-15(2)10-16(3)12-25)26(21)13-18-8-6-9-28-18/h6,8-9,15-17H,5,7,10-14H2,1-4H3,(H,22,27). The lowest BCUT2D eigenvalue weighted by molar-refractivity contribution is -0.119. The van der Waals surface area contributed by atoms with Gasteiger partial charge in [-0.2, -0.15) is 0 Å². The number of aromatic nitrogens is 3. The van der Waals surface area contributed by atoms with Gasteiger partial charge in [0.2, 0.25) is 11.9 Å². The van der Waals surface area contributed by atoms with Crippen molar-refractivity contribution in [3.05, 3.63) is 24.2 Å². The molecule has 0 radical (unpaired) electrons. The highest BCUT2D eigenvalue weighted by Gasteiger charge is 2.27. The van der Waals surface area contributed by atoms with Crippen LogP contribution >= 0.6 is 11.8 Å². The van der Waals surface area contributed by atoms with Crippen LogP contribution in [-0.2, 0) is 11.3 Å². The number of nitrogens with zero attached hydrogens (tertiary/aromatic N) is 4. The van der Waals surface area contributed by atoms with E-state index in [1.807, 2.05) is 19.1 Å². The average Bonchev–Trinajstić information content (AvgIpc) is 3.30. The van der Waals surface area contributed by atoms with E-state index in [-0.39, 0.29) is 11.9 Å². The molecule has 7 nitrogen and oxygen atoms in total. The van der Waals surface area contributed by atoms with Crippen LogP contribution < -0.4 is 10.2 Å². The zero-order valence-corrected chi connectivity index (χ0v) is 18.7. The molecule has 1 N–H and O–H groups in total. The van der Waals surface area contributed by atoms with E-state index in [1.165, 1.54) is 18.2 Å². The zero-order chi connectivity index (χ0) is 20.8. The SMILES string of the molecule is CCCC(C)NC(=O)CSc1nnc(N2CC(C)CC(C)C2)n1Cc1ccco1. The Morgan fingerprint density at radius 1 is 1.34 bits per heavy atom. The van der Waals surface area contributed by atoms with Crippen LogP contribution in [0.4, 0.5) is 5.95 Å². The van der Waals surface area contributed by atoms with Crippen molar-refractivity contribution in [1.29, 1.82) is 0 Å². The topological polar surface area (TPSA) is 76.2 Å². The first-order valence-electron chi connectivity index (χ1n) is 10.6. The molecule has 0 bridgehead atoms. The smallest absolute Gasteiger partial charge is 0.230 e. The highest BCUT2D eigenvalue weighted by atomic mass is 32.2. The third kappa shape index (κ3) is 6.01. The van der Waals surface area contributed by atoms with E-state index in [0.717, 1.165) is 42.8 Å². The molecule has 0 aromatic carbocycles. The molecule has 0 spiro atoms. The van der Waals surface area contributed by atoms with Gasteiger partial charge in [-0.25, -0.2) is 0 Å². The number of furan rings is 1. The van der Waals surface area contributed by atoms with Crippen molar-refractivity contribution in [1.82, 2.24) is 20.1 Å². The minimum absolute atomic E-state index is 0.0327. The molecule has 3 atom stereocenters. The summed E-state index contributed by atoms with van der Waals surface area (Å²) in [5.41, 5.74) is 0. The van der Waals surface area contributed by atoms with Crippen LogP contribution in [0, 0.1) is 11.8 Å². The number of amides is 1. The molecule has 1 aliphatic heterocycles. The number of thioether (sulfide) groups is 1. The predicted molar refractivity (Wildman–Crippen MR) is 116 cm³/mol. The van der Waals surface area contributed by atoms with Gasteiger partial charge < -0.3 is 14.6 Å². The van der Waals surface area contributed by atoms with Crippen molar-refractivity contribution in [2.75, 3.05) is 23.7 Å². The molecule has 2 aromatic heterocycles. The van der Waals surface area contributed by atoms with Gasteiger partial charge in [-0.05, 0) is 43.7 Å². The maximum Gasteiger partial charge on any atom is 0.230 e. The van der Waals surface area contributed by atoms with Gasteiger partial charge in [-0.1, -0.05) is 39.0 Å². The largest absolute Gasteiger partial charge is 0.467 e. The van der Waals surface area contributed by atoms with Crippen LogP contribution in [0.25, 0.3) is 0 Å². The molecule has 1 amide bonds. The summed E-state index contributed by atoms with van der Waals surface area (Å²) >= 11 is 1.43. The minimum Gasteiger partial charge on any atom is -0.467 e. The second-order valence-electron chi connectivity index (χ2n) is 8.35. The Bertz CT molecular complexity index is 766. The van der Waals surface area contributed by atoms with Gasteiger partial charge in [-0.3, -0.25) is 9.36 Å². The Morgan fingerprint density at radius 2 is 2.10 bits per heavy atom. The molecule has 0 saturated carbocycles. The second-order valence-corrected chi connectivity index (χ2v) is 9.29. The molecule has 0 aliphatic carbocycles. The van der Waals surface area contributed by atoms with E-state index in [1.54, 1.807) is 6.26 Å². The van der Waals surface area contributed by atoms with Gasteiger partial charge in [0.15, 0.2) is 5.16 Å². The molecular weight excluding hydrogens is 386 g/mol. The van der Waals surface area contributed by atoms with Gasteiger partial charge >= 0.3 is 0 Å². The first kappa shape index (κ1) is 21.7. The Labute approximate surface area is 177 Å². The van der Waals surface area contributed by atoms with E-state index in [4.69, 9.17) is 4.42 Å². The summed E-state index contributed by atoms with van der Waals surface area (Å²) in [7, 11) is 0. The van der Waals surface area contributed by atoms with E-state index < -0.39 is 0 Å². The molecule has 2 aromatic rings. The zero-order valence-electron chi connectivity index (χ0n) is 17.9. The lowest BCUT2D eigenvalue weighted by Gasteiger charge is -2.35. The molecule has 3 rings (SSSR count). The maximum absolute atomic E-state index is 12.3. The summed E-state index contributed by atoms with van der Waals surface area (Å²) in [6.07, 6.45) is 4.96. The summed E-state index contributed by atoms with van der Waals surface area (Å²) in [5.74, 6) is 3.32. The van der Waals surface area contributed by atoms with Crippen molar-refractivity contribution in [2.24, 2.45) is 11.8 Å². The number of nitrogens with one attached hydrogen (secondary N) is 1. The van der Waals surface area contributed by atoms with E-state index in [0.29, 0.717) is 24.1 Å². The quantitative estimate of drug-likeness (QED) is 0.623. The number of rotatable bonds is 9. The Morgan fingerprint density at radius 3 is 2.76 bits per heavy atom. The van der Waals surface area contributed by atoms with Crippen molar-refractivity contribution in [3.63, 3.8) is 0 Å². The first-order chi connectivity index (χ1) is 14.0. The second kappa shape index (κ2) is 10.2. The highest BCUT2D eigenvalue weighted by molar-refractivity contribution is 7.99. The molecule has 1 aliphatic rings. The van der Waals surface area contributed by atoms with Crippen molar-refractivity contribution in [3.8, 4) is 0 Å². The van der Waals surface area contributed by atoms with Crippen LogP contribution in [0.3, 0.4) is 0 Å². The van der Waals surface area contributed by atoms with Crippen molar-refractivity contribution >= 4 is 23.6 Å². The molecular formula is C21H33N5O2S. The van der Waals surface area contributed by atoms with Crippen LogP contribution in [0.2, 0.25) is 0 Å². The molecule has 3 unspecified atom stereocenters. The average molecular weight is 420 g/mol. The monoisotopic (exact) mass is 419 g/mol. The van der Waals surface area contributed by atoms with Gasteiger partial charge in [0.25, 0.3) is 0 Å². The first-order valence-corrected chi connectivity index (χ1v) is 11.6. The van der Waals surface area contributed by atoms with Crippen LogP contribution in [0.15, 0.2) is 28.0 Å². The third-order valence-corrected chi connectivity index (χ3v) is 6.17. The summed E-state index contributed by atoms with van der Waals surface area (Å²) in [5, 5.41) is 12.7. The Hall–Kier alpha value is -1.96. The number of hydrogen-bond acceptors (Lipinski definition) is 6. The minimum atomic E-state index is 0.0327. The number of carbonyl (C=O) groups is 1. The van der Waals surface area contributed by atoms with Crippen molar-refractivity contribution < 1.29 is 9.21 Å². The summed E-state index contributed by atoms with van der Waals surface area (Å²) in [6.45, 7) is 11.2. The summed E-state index contributed by atoms with van der Waals surface area (Å²) < 4.78 is 7.65. The van der Waals surface area contributed by atoms with E-state index in [2.05, 4.69) is 45.8 Å². The van der Waals surface area contributed by atoms with Crippen molar-refractivity contribution in [2.45, 2.75) is 64.7 Å².